The lowest BCUT2D eigenvalue weighted by Crippen LogP contribution is -2.41. The number of pyridine rings is 1. The molecule has 7 heteroatoms. The first kappa shape index (κ1) is 22.4. The Kier molecular flexibility index (Phi) is 5.91. The van der Waals surface area contributed by atoms with Crippen molar-refractivity contribution in [2.45, 2.75) is 12.8 Å². The van der Waals surface area contributed by atoms with Gasteiger partial charge in [-0.25, -0.2) is 9.97 Å². The molecule has 1 aliphatic heterocycles. The Morgan fingerprint density at radius 2 is 1.67 bits per heavy atom. The first-order chi connectivity index (χ1) is 17.7. The lowest BCUT2D eigenvalue weighted by atomic mass is 9.95. The van der Waals surface area contributed by atoms with Gasteiger partial charge in [-0.15, -0.1) is 11.3 Å². The van der Waals surface area contributed by atoms with Gasteiger partial charge in [0.05, 0.1) is 10.2 Å². The molecule has 178 valence electrons. The van der Waals surface area contributed by atoms with Crippen molar-refractivity contribution in [3.8, 4) is 10.6 Å². The summed E-state index contributed by atoms with van der Waals surface area (Å²) in [5.74, 6) is 0.358. The molecule has 0 radical (unpaired) electrons. The van der Waals surface area contributed by atoms with Gasteiger partial charge in [-0.3, -0.25) is 9.59 Å². The van der Waals surface area contributed by atoms with E-state index in [1.54, 1.807) is 17.5 Å². The number of rotatable bonds is 4. The number of para-hydroxylation sites is 1. The number of nitrogens with zero attached hydrogens (tertiary/aromatic N) is 3. The molecule has 1 N–H and O–H groups in total. The van der Waals surface area contributed by atoms with E-state index in [2.05, 4.69) is 21.4 Å². The summed E-state index contributed by atoms with van der Waals surface area (Å²) in [7, 11) is 0. The molecule has 6 rings (SSSR count). The predicted octanol–water partition coefficient (Wildman–Crippen LogP) is 6.00. The zero-order valence-electron chi connectivity index (χ0n) is 19.6. The van der Waals surface area contributed by atoms with Crippen LogP contribution in [-0.4, -0.2) is 39.8 Å². The van der Waals surface area contributed by atoms with Crippen molar-refractivity contribution in [3.05, 3.63) is 90.6 Å². The van der Waals surface area contributed by atoms with Gasteiger partial charge < -0.3 is 10.2 Å². The van der Waals surface area contributed by atoms with E-state index in [-0.39, 0.29) is 17.7 Å². The average molecular weight is 493 g/mol. The Morgan fingerprint density at radius 3 is 2.47 bits per heavy atom. The van der Waals surface area contributed by atoms with E-state index in [9.17, 15) is 9.59 Å². The highest BCUT2D eigenvalue weighted by atomic mass is 32.1. The van der Waals surface area contributed by atoms with Gasteiger partial charge in [-0.05, 0) is 53.9 Å². The van der Waals surface area contributed by atoms with Gasteiger partial charge in [0.1, 0.15) is 10.8 Å². The molecule has 1 fully saturated rings. The number of thiazole rings is 1. The number of benzene rings is 3. The van der Waals surface area contributed by atoms with Crippen molar-refractivity contribution in [3.63, 3.8) is 0 Å². The molecule has 0 aliphatic carbocycles. The van der Waals surface area contributed by atoms with Gasteiger partial charge in [0.25, 0.3) is 5.91 Å². The largest absolute Gasteiger partial charge is 0.339 e. The number of hydrogen-bond acceptors (Lipinski definition) is 5. The van der Waals surface area contributed by atoms with Crippen LogP contribution >= 0.6 is 11.3 Å². The maximum absolute atomic E-state index is 13.2. The van der Waals surface area contributed by atoms with E-state index >= 15 is 0 Å². The number of carbonyl (C=O) groups excluding carboxylic acids is 2. The first-order valence-corrected chi connectivity index (χ1v) is 12.9. The number of hydrogen-bond donors (Lipinski definition) is 1. The number of nitrogens with one attached hydrogen (secondary N) is 1. The summed E-state index contributed by atoms with van der Waals surface area (Å²) in [4.78, 5) is 37.1. The zero-order valence-corrected chi connectivity index (χ0v) is 20.4. The Labute approximate surface area is 212 Å². The van der Waals surface area contributed by atoms with Crippen molar-refractivity contribution in [2.24, 2.45) is 5.92 Å². The molecule has 2 aromatic heterocycles. The van der Waals surface area contributed by atoms with E-state index in [0.29, 0.717) is 37.3 Å². The highest BCUT2D eigenvalue weighted by Crippen LogP contribution is 2.30. The van der Waals surface area contributed by atoms with Crippen LogP contribution in [0, 0.1) is 5.92 Å². The monoisotopic (exact) mass is 492 g/mol. The summed E-state index contributed by atoms with van der Waals surface area (Å²) in [5, 5.41) is 5.87. The molecule has 2 amide bonds. The molecule has 0 unspecified atom stereocenters. The van der Waals surface area contributed by atoms with Crippen molar-refractivity contribution >= 4 is 50.0 Å². The molecule has 6 nitrogen and oxygen atoms in total. The molecular weight excluding hydrogens is 468 g/mol. The fourth-order valence-electron chi connectivity index (χ4n) is 4.75. The molecule has 36 heavy (non-hydrogen) atoms. The molecule has 3 heterocycles. The second kappa shape index (κ2) is 9.51. The molecule has 0 atom stereocenters. The van der Waals surface area contributed by atoms with E-state index in [1.165, 1.54) is 0 Å². The second-order valence-electron chi connectivity index (χ2n) is 9.00. The topological polar surface area (TPSA) is 75.2 Å². The number of amides is 2. The summed E-state index contributed by atoms with van der Waals surface area (Å²) in [6.45, 7) is 1.12. The minimum absolute atomic E-state index is 0.0257. The van der Waals surface area contributed by atoms with Crippen LogP contribution in [0.4, 0.5) is 5.82 Å². The van der Waals surface area contributed by atoms with Crippen LogP contribution < -0.4 is 5.32 Å². The maximum atomic E-state index is 13.2. The molecule has 3 aromatic carbocycles. The lowest BCUT2D eigenvalue weighted by molar-refractivity contribution is -0.121. The second-order valence-corrected chi connectivity index (χ2v) is 10.0. The fourth-order valence-corrected chi connectivity index (χ4v) is 5.70. The van der Waals surface area contributed by atoms with Crippen LogP contribution in [0.25, 0.3) is 31.6 Å². The molecule has 0 bridgehead atoms. The summed E-state index contributed by atoms with van der Waals surface area (Å²) in [5.41, 5.74) is 2.61. The van der Waals surface area contributed by atoms with Crippen LogP contribution in [0.3, 0.4) is 0 Å². The van der Waals surface area contributed by atoms with Crippen LogP contribution in [-0.2, 0) is 4.79 Å². The van der Waals surface area contributed by atoms with Crippen molar-refractivity contribution < 1.29 is 9.59 Å². The number of piperidine rings is 1. The smallest absolute Gasteiger partial charge is 0.254 e. The molecule has 0 spiro atoms. The molecule has 5 aromatic rings. The van der Waals surface area contributed by atoms with Gasteiger partial charge in [0.15, 0.2) is 0 Å². The normalized spacial score (nSPS) is 14.3. The van der Waals surface area contributed by atoms with Crippen LogP contribution in [0.15, 0.2) is 85.1 Å². The number of likely N-dealkylation sites (tertiary alicyclic amines) is 1. The predicted molar refractivity (Wildman–Crippen MR) is 144 cm³/mol. The van der Waals surface area contributed by atoms with Gasteiger partial charge in [-0.2, -0.15) is 0 Å². The highest BCUT2D eigenvalue weighted by molar-refractivity contribution is 7.21. The minimum atomic E-state index is -0.146. The Bertz CT molecular complexity index is 1530. The van der Waals surface area contributed by atoms with E-state index < -0.39 is 0 Å². The van der Waals surface area contributed by atoms with E-state index in [0.717, 1.165) is 31.6 Å². The fraction of sp³-hybridized carbons (Fsp3) is 0.172. The van der Waals surface area contributed by atoms with Gasteiger partial charge in [0, 0.05) is 36.3 Å². The Balaban J connectivity index is 1.08. The van der Waals surface area contributed by atoms with Crippen LogP contribution in [0.2, 0.25) is 0 Å². The minimum Gasteiger partial charge on any atom is -0.339 e. The number of aromatic nitrogens is 2. The van der Waals surface area contributed by atoms with Gasteiger partial charge in [-0.1, -0.05) is 48.5 Å². The number of carbonyl (C=O) groups is 2. The average Bonchev–Trinajstić information content (AvgIpc) is 3.37. The third-order valence-corrected chi connectivity index (χ3v) is 7.81. The molecule has 0 saturated carbocycles. The summed E-state index contributed by atoms with van der Waals surface area (Å²) < 4.78 is 1.13. The summed E-state index contributed by atoms with van der Waals surface area (Å²) in [6.07, 6.45) is 3.01. The van der Waals surface area contributed by atoms with Crippen LogP contribution in [0.1, 0.15) is 23.2 Å². The van der Waals surface area contributed by atoms with Gasteiger partial charge in [0.2, 0.25) is 5.91 Å². The maximum Gasteiger partial charge on any atom is 0.254 e. The Morgan fingerprint density at radius 1 is 0.889 bits per heavy atom. The lowest BCUT2D eigenvalue weighted by Gasteiger charge is -2.31. The van der Waals surface area contributed by atoms with E-state index in [1.807, 2.05) is 77.7 Å². The van der Waals surface area contributed by atoms with E-state index in [4.69, 9.17) is 0 Å². The number of anilines is 1. The van der Waals surface area contributed by atoms with Crippen molar-refractivity contribution in [1.82, 2.24) is 14.9 Å². The summed E-state index contributed by atoms with van der Waals surface area (Å²) in [6, 6.07) is 25.5. The first-order valence-electron chi connectivity index (χ1n) is 12.1. The van der Waals surface area contributed by atoms with Crippen molar-refractivity contribution in [1.29, 1.82) is 0 Å². The summed E-state index contributed by atoms with van der Waals surface area (Å²) >= 11 is 1.62. The van der Waals surface area contributed by atoms with Crippen molar-refractivity contribution in [2.75, 3.05) is 18.4 Å². The Hall–Kier alpha value is -4.10. The molecular formula is C29H24N4O2S. The highest BCUT2D eigenvalue weighted by Gasteiger charge is 2.28. The number of fused-ring (bicyclic) bond motifs is 2. The standard InChI is InChI=1S/C29H24N4O2S/c34-27(32-26-13-12-21(18-30-26)28-31-24-10-3-4-11-25(24)36-28)20-14-16-33(17-15-20)29(35)23-9-5-7-19-6-1-2-8-22(19)23/h1-13,18,20H,14-17H2,(H,30,32,34). The van der Waals surface area contributed by atoms with Gasteiger partial charge >= 0.3 is 0 Å². The third-order valence-electron chi connectivity index (χ3n) is 6.73. The molecule has 1 aliphatic rings. The zero-order chi connectivity index (χ0) is 24.5. The van der Waals surface area contributed by atoms with Crippen LogP contribution in [0.5, 0.6) is 0 Å². The quantitative estimate of drug-likeness (QED) is 0.334. The molecule has 1 saturated heterocycles. The third kappa shape index (κ3) is 4.33. The SMILES string of the molecule is O=C(Nc1ccc(-c2nc3ccccc3s2)cn1)C1CCN(C(=O)c2cccc3ccccc23)CC1.